The van der Waals surface area contributed by atoms with Gasteiger partial charge in [0, 0.05) is 22.3 Å². The Hall–Kier alpha value is -5.02. The first-order valence-corrected chi connectivity index (χ1v) is 16.0. The van der Waals surface area contributed by atoms with Gasteiger partial charge < -0.3 is 15.7 Å². The Kier molecular flexibility index (Phi) is 8.85. The van der Waals surface area contributed by atoms with Crippen molar-refractivity contribution in [1.29, 1.82) is 0 Å². The summed E-state index contributed by atoms with van der Waals surface area (Å²) in [6.07, 6.45) is 1.54. The zero-order chi connectivity index (χ0) is 32.4. The second-order valence-electron chi connectivity index (χ2n) is 9.54. The summed E-state index contributed by atoms with van der Waals surface area (Å²) < 4.78 is 1.37. The summed E-state index contributed by atoms with van der Waals surface area (Å²) in [5.74, 6) is -1.76. The molecule has 46 heavy (non-hydrogen) atoms. The number of aromatic carboxylic acids is 1. The van der Waals surface area contributed by atoms with Crippen molar-refractivity contribution in [1.82, 2.24) is 10.3 Å². The van der Waals surface area contributed by atoms with Crippen LogP contribution >= 0.6 is 46.5 Å². The van der Waals surface area contributed by atoms with E-state index in [2.05, 4.69) is 20.6 Å². The number of carbonyl (C=O) groups is 3. The van der Waals surface area contributed by atoms with Crippen molar-refractivity contribution in [2.75, 3.05) is 5.32 Å². The second-order valence-corrected chi connectivity index (χ2v) is 13.3. The number of aromatic nitrogens is 1. The first-order chi connectivity index (χ1) is 22.1. The summed E-state index contributed by atoms with van der Waals surface area (Å²) in [6.45, 7) is 0. The smallest absolute Gasteiger partial charge is 0.335 e. The van der Waals surface area contributed by atoms with Crippen LogP contribution in [0.5, 0.6) is 0 Å². The largest absolute Gasteiger partial charge is 0.478 e. The summed E-state index contributed by atoms with van der Waals surface area (Å²) in [7, 11) is 0. The number of carboxylic acids is 1. The van der Waals surface area contributed by atoms with E-state index in [0.29, 0.717) is 52.3 Å². The number of fused-ring (bicyclic) bond motifs is 1. The molecule has 0 bridgehead atoms. The molecule has 5 aromatic rings. The zero-order valence-corrected chi connectivity index (χ0v) is 26.3. The molecule has 11 nitrogen and oxygen atoms in total. The molecule has 15 heteroatoms. The van der Waals surface area contributed by atoms with Crippen LogP contribution in [0.4, 0.5) is 17.1 Å². The van der Waals surface area contributed by atoms with Crippen LogP contribution in [0.15, 0.2) is 104 Å². The molecule has 3 N–H and O–H groups in total. The minimum Gasteiger partial charge on any atom is -0.478 e. The van der Waals surface area contributed by atoms with E-state index in [1.165, 1.54) is 47.7 Å². The number of rotatable bonds is 8. The van der Waals surface area contributed by atoms with Gasteiger partial charge in [0.2, 0.25) is 0 Å². The molecule has 6 rings (SSSR count). The van der Waals surface area contributed by atoms with Crippen LogP contribution in [0.25, 0.3) is 16.3 Å². The Morgan fingerprint density at radius 3 is 2.48 bits per heavy atom. The van der Waals surface area contributed by atoms with Gasteiger partial charge in [-0.25, -0.2) is 14.8 Å². The third-order valence-corrected chi connectivity index (χ3v) is 9.71. The average molecular weight is 688 g/mol. The van der Waals surface area contributed by atoms with Crippen molar-refractivity contribution in [2.24, 2.45) is 4.99 Å². The minimum absolute atomic E-state index is 0.115. The van der Waals surface area contributed by atoms with Crippen LogP contribution in [0, 0.1) is 10.1 Å². The molecule has 0 aliphatic carbocycles. The second kappa shape index (κ2) is 13.1. The highest BCUT2D eigenvalue weighted by molar-refractivity contribution is 8.18. The van der Waals surface area contributed by atoms with Gasteiger partial charge >= 0.3 is 5.97 Å². The van der Waals surface area contributed by atoms with Gasteiger partial charge in [0.05, 0.1) is 36.2 Å². The van der Waals surface area contributed by atoms with Crippen LogP contribution in [0.2, 0.25) is 5.02 Å². The molecule has 0 spiro atoms. The van der Waals surface area contributed by atoms with Gasteiger partial charge in [-0.1, -0.05) is 29.4 Å². The van der Waals surface area contributed by atoms with Gasteiger partial charge in [0.25, 0.3) is 17.5 Å². The van der Waals surface area contributed by atoms with Crippen molar-refractivity contribution < 1.29 is 24.4 Å². The van der Waals surface area contributed by atoms with Crippen molar-refractivity contribution in [3.05, 3.63) is 122 Å². The normalized spacial score (nSPS) is 14.5. The fourth-order valence-electron chi connectivity index (χ4n) is 4.20. The molecule has 0 atom stereocenters. The van der Waals surface area contributed by atoms with E-state index in [1.54, 1.807) is 54.6 Å². The Balaban J connectivity index is 1.17. The summed E-state index contributed by atoms with van der Waals surface area (Å²) in [5, 5.41) is 27.4. The average Bonchev–Trinajstić information content (AvgIpc) is 3.59. The predicted octanol–water partition coefficient (Wildman–Crippen LogP) is 7.85. The van der Waals surface area contributed by atoms with Gasteiger partial charge in [0.1, 0.15) is 0 Å². The number of nitrogens with one attached hydrogen (secondary N) is 2. The van der Waals surface area contributed by atoms with Crippen LogP contribution in [0.1, 0.15) is 26.3 Å². The molecule has 1 aromatic heterocycles. The molecule has 1 aliphatic rings. The summed E-state index contributed by atoms with van der Waals surface area (Å²) in [4.78, 5) is 57.3. The topological polar surface area (TPSA) is 164 Å². The lowest BCUT2D eigenvalue weighted by atomic mass is 10.2. The van der Waals surface area contributed by atoms with Crippen LogP contribution in [-0.2, 0) is 4.79 Å². The molecule has 1 aliphatic heterocycles. The number of nitro benzene ring substituents is 1. The Labute approximate surface area is 277 Å². The number of amidine groups is 1. The number of nitro groups is 1. The van der Waals surface area contributed by atoms with Crippen molar-refractivity contribution >= 4 is 103 Å². The first kappa shape index (κ1) is 31.0. The molecule has 4 aromatic carbocycles. The van der Waals surface area contributed by atoms with Crippen LogP contribution < -0.4 is 10.6 Å². The third kappa shape index (κ3) is 7.10. The summed E-state index contributed by atoms with van der Waals surface area (Å²) in [6, 6.07) is 22.4. The van der Waals surface area contributed by atoms with Gasteiger partial charge in [0.15, 0.2) is 9.51 Å². The molecule has 0 unspecified atom stereocenters. The fraction of sp³-hybridized carbons (Fsp3) is 0. The number of anilines is 1. The Morgan fingerprint density at radius 1 is 1.02 bits per heavy atom. The van der Waals surface area contributed by atoms with E-state index in [1.807, 2.05) is 0 Å². The number of carboxylic acid groups (broad SMARTS) is 1. The van der Waals surface area contributed by atoms with Crippen molar-refractivity contribution in [3.8, 4) is 0 Å². The van der Waals surface area contributed by atoms with Gasteiger partial charge in [-0.15, -0.1) is 11.3 Å². The van der Waals surface area contributed by atoms with E-state index >= 15 is 0 Å². The molecular formula is C31H18ClN5O6S3. The number of thiazole rings is 1. The number of amides is 2. The standard InChI is InChI=1S/C31H18ClN5O6S3/c32-19-6-2-17(3-7-19)27(38)33-21-10-11-22-25(15-21)46-31(35-22)45-24-12-1-16(13-23(24)37(42)43)14-26-28(39)36-30(44-26)34-20-8-4-18(5-9-20)29(40)41/h1-15H,(H,33,38)(H,40,41)(H,34,36,39)/b26-14-. The Morgan fingerprint density at radius 2 is 1.76 bits per heavy atom. The number of carbonyl (C=O) groups excluding carboxylic acids is 2. The molecule has 0 saturated carbocycles. The maximum Gasteiger partial charge on any atom is 0.335 e. The number of hydrogen-bond donors (Lipinski definition) is 3. The van der Waals surface area contributed by atoms with Crippen LogP contribution in [0.3, 0.4) is 0 Å². The van der Waals surface area contributed by atoms with E-state index in [0.717, 1.165) is 28.2 Å². The molecule has 2 amide bonds. The Bertz CT molecular complexity index is 2110. The highest BCUT2D eigenvalue weighted by Crippen LogP contribution is 2.40. The lowest BCUT2D eigenvalue weighted by molar-refractivity contribution is -0.387. The van der Waals surface area contributed by atoms with Crippen molar-refractivity contribution in [2.45, 2.75) is 9.24 Å². The van der Waals surface area contributed by atoms with E-state index in [4.69, 9.17) is 16.7 Å². The fourth-order valence-corrected chi connectivity index (χ4v) is 7.32. The number of aliphatic imine (C=N–C) groups is 1. The highest BCUT2D eigenvalue weighted by atomic mass is 35.5. The molecule has 1 saturated heterocycles. The van der Waals surface area contributed by atoms with Gasteiger partial charge in [-0.3, -0.25) is 19.7 Å². The highest BCUT2D eigenvalue weighted by Gasteiger charge is 2.25. The maximum atomic E-state index is 12.6. The SMILES string of the molecule is O=C1NC(=Nc2ccc(C(=O)O)cc2)S/C1=C\c1ccc(Sc2nc3ccc(NC(=O)c4ccc(Cl)cc4)cc3s2)c([N+](=O)[O-])c1. The lowest BCUT2D eigenvalue weighted by Crippen LogP contribution is -2.19. The maximum absolute atomic E-state index is 12.6. The van der Waals surface area contributed by atoms with Crippen molar-refractivity contribution in [3.63, 3.8) is 0 Å². The van der Waals surface area contributed by atoms with Gasteiger partial charge in [-0.2, -0.15) is 0 Å². The van der Waals surface area contributed by atoms with E-state index in [-0.39, 0.29) is 17.2 Å². The predicted molar refractivity (Wildman–Crippen MR) is 180 cm³/mol. The lowest BCUT2D eigenvalue weighted by Gasteiger charge is -2.05. The number of benzene rings is 4. The minimum atomic E-state index is -1.06. The molecule has 1 fully saturated rings. The summed E-state index contributed by atoms with van der Waals surface area (Å²) in [5.41, 5.74) is 2.59. The first-order valence-electron chi connectivity index (χ1n) is 13.2. The third-order valence-electron chi connectivity index (χ3n) is 6.40. The number of hydrogen-bond acceptors (Lipinski definition) is 10. The molecule has 228 valence electrons. The van der Waals surface area contributed by atoms with Crippen LogP contribution in [-0.4, -0.2) is 38.0 Å². The molecule has 2 heterocycles. The monoisotopic (exact) mass is 687 g/mol. The van der Waals surface area contributed by atoms with E-state index < -0.39 is 16.8 Å². The molecular weight excluding hydrogens is 670 g/mol. The van der Waals surface area contributed by atoms with E-state index in [9.17, 15) is 24.5 Å². The number of halogens is 1. The molecule has 0 radical (unpaired) electrons. The quantitative estimate of drug-likeness (QED) is 0.0837. The van der Waals surface area contributed by atoms with Gasteiger partial charge in [-0.05, 0) is 96.2 Å². The number of thioether (sulfide) groups is 1. The zero-order valence-electron chi connectivity index (χ0n) is 23.1. The summed E-state index contributed by atoms with van der Waals surface area (Å²) >= 11 is 9.45. The number of nitrogens with zero attached hydrogens (tertiary/aromatic N) is 3.